The molecule has 0 aromatic heterocycles. The number of unbranched alkanes of at least 4 members (excludes halogenated alkanes) is 1. The molecule has 0 bridgehead atoms. The zero-order valence-electron chi connectivity index (χ0n) is 13.2. The maximum absolute atomic E-state index is 8.67. The van der Waals surface area contributed by atoms with Crippen molar-refractivity contribution in [1.82, 2.24) is 0 Å². The summed E-state index contributed by atoms with van der Waals surface area (Å²) in [6.07, 6.45) is 9.20. The smallest absolute Gasteiger partial charge is 0.119 e. The van der Waals surface area contributed by atoms with Gasteiger partial charge in [0.15, 0.2) is 0 Å². The molecule has 0 unspecified atom stereocenters. The lowest BCUT2D eigenvalue weighted by atomic mass is 9.77. The first-order chi connectivity index (χ1) is 10.3. The van der Waals surface area contributed by atoms with Crippen molar-refractivity contribution in [3.05, 3.63) is 29.8 Å². The summed E-state index contributed by atoms with van der Waals surface area (Å²) < 4.78 is 5.72. The molecular formula is C19H27NO. The number of hydrogen-bond acceptors (Lipinski definition) is 2. The van der Waals surface area contributed by atoms with Gasteiger partial charge in [0, 0.05) is 6.42 Å². The van der Waals surface area contributed by atoms with Crippen molar-refractivity contribution in [3.63, 3.8) is 0 Å². The van der Waals surface area contributed by atoms with E-state index in [1.165, 1.54) is 37.7 Å². The monoisotopic (exact) mass is 285 g/mol. The molecule has 0 aliphatic heterocycles. The van der Waals surface area contributed by atoms with E-state index >= 15 is 0 Å². The third-order valence-electron chi connectivity index (χ3n) is 4.63. The molecular weight excluding hydrogens is 258 g/mol. The molecule has 0 saturated heterocycles. The number of nitrogens with zero attached hydrogens (tertiary/aromatic N) is 1. The maximum Gasteiger partial charge on any atom is 0.119 e. The van der Waals surface area contributed by atoms with Crippen LogP contribution in [0, 0.1) is 17.2 Å². The van der Waals surface area contributed by atoms with Gasteiger partial charge in [-0.3, -0.25) is 0 Å². The molecule has 2 rings (SSSR count). The highest BCUT2D eigenvalue weighted by molar-refractivity contribution is 5.29. The van der Waals surface area contributed by atoms with Crippen molar-refractivity contribution in [2.75, 3.05) is 6.61 Å². The molecule has 0 spiro atoms. The Bertz CT molecular complexity index is 438. The summed E-state index contributed by atoms with van der Waals surface area (Å²) in [5.74, 6) is 2.47. The molecule has 2 heteroatoms. The van der Waals surface area contributed by atoms with Crippen molar-refractivity contribution in [2.24, 2.45) is 5.92 Å². The van der Waals surface area contributed by atoms with Gasteiger partial charge in [0.05, 0.1) is 12.7 Å². The average molecular weight is 285 g/mol. The SMILES string of the molecule is CCCCOc1ccc(C2CCC(CCC#N)CC2)cc1. The second-order valence-corrected chi connectivity index (χ2v) is 6.19. The van der Waals surface area contributed by atoms with E-state index in [1.807, 2.05) is 0 Å². The normalized spacial score (nSPS) is 21.7. The first kappa shape index (κ1) is 15.9. The fourth-order valence-electron chi connectivity index (χ4n) is 3.22. The summed E-state index contributed by atoms with van der Waals surface area (Å²) in [7, 11) is 0. The van der Waals surface area contributed by atoms with Gasteiger partial charge in [-0.25, -0.2) is 0 Å². The van der Waals surface area contributed by atoms with Crippen molar-refractivity contribution in [2.45, 2.75) is 64.2 Å². The predicted molar refractivity (Wildman–Crippen MR) is 86.4 cm³/mol. The van der Waals surface area contributed by atoms with Gasteiger partial charge in [0.1, 0.15) is 5.75 Å². The number of benzene rings is 1. The van der Waals surface area contributed by atoms with E-state index in [2.05, 4.69) is 37.3 Å². The Kier molecular flexibility index (Phi) is 6.60. The molecule has 2 nitrogen and oxygen atoms in total. The Morgan fingerprint density at radius 3 is 2.48 bits per heavy atom. The molecule has 1 aromatic rings. The van der Waals surface area contributed by atoms with Gasteiger partial charge in [-0.1, -0.05) is 25.5 Å². The van der Waals surface area contributed by atoms with Crippen LogP contribution in [0.2, 0.25) is 0 Å². The van der Waals surface area contributed by atoms with E-state index in [0.717, 1.165) is 37.5 Å². The molecule has 1 aliphatic rings. The van der Waals surface area contributed by atoms with E-state index < -0.39 is 0 Å². The molecule has 0 radical (unpaired) electrons. The molecule has 1 aliphatic carbocycles. The van der Waals surface area contributed by atoms with E-state index in [4.69, 9.17) is 10.00 Å². The number of nitriles is 1. The summed E-state index contributed by atoms with van der Waals surface area (Å²) in [5, 5.41) is 8.67. The van der Waals surface area contributed by atoms with Crippen molar-refractivity contribution >= 4 is 0 Å². The van der Waals surface area contributed by atoms with Crippen LogP contribution in [0.5, 0.6) is 5.75 Å². The van der Waals surface area contributed by atoms with Gasteiger partial charge in [-0.2, -0.15) is 5.26 Å². The molecule has 0 N–H and O–H groups in total. The van der Waals surface area contributed by atoms with Gasteiger partial charge in [-0.05, 0) is 68.1 Å². The summed E-state index contributed by atoms with van der Waals surface area (Å²) in [6, 6.07) is 11.0. The topological polar surface area (TPSA) is 33.0 Å². The van der Waals surface area contributed by atoms with Gasteiger partial charge in [-0.15, -0.1) is 0 Å². The van der Waals surface area contributed by atoms with Crippen LogP contribution in [0.4, 0.5) is 0 Å². The Balaban J connectivity index is 1.79. The highest BCUT2D eigenvalue weighted by atomic mass is 16.5. The molecule has 0 atom stereocenters. The first-order valence-corrected chi connectivity index (χ1v) is 8.43. The third kappa shape index (κ3) is 5.08. The molecule has 1 saturated carbocycles. The van der Waals surface area contributed by atoms with Crippen LogP contribution < -0.4 is 4.74 Å². The van der Waals surface area contributed by atoms with E-state index in [0.29, 0.717) is 5.92 Å². The fourth-order valence-corrected chi connectivity index (χ4v) is 3.22. The molecule has 114 valence electrons. The average Bonchev–Trinajstić information content (AvgIpc) is 2.54. The van der Waals surface area contributed by atoms with Crippen molar-refractivity contribution in [3.8, 4) is 11.8 Å². The maximum atomic E-state index is 8.67. The number of rotatable bonds is 7. The van der Waals surface area contributed by atoms with Gasteiger partial charge in [0.2, 0.25) is 0 Å². The van der Waals surface area contributed by atoms with Crippen LogP contribution in [0.3, 0.4) is 0 Å². The quantitative estimate of drug-likeness (QED) is 0.625. The Labute approximate surface area is 129 Å². The Morgan fingerprint density at radius 2 is 1.86 bits per heavy atom. The lowest BCUT2D eigenvalue weighted by Crippen LogP contribution is -2.13. The highest BCUT2D eigenvalue weighted by Crippen LogP contribution is 2.37. The van der Waals surface area contributed by atoms with Crippen LogP contribution in [0.15, 0.2) is 24.3 Å². The Hall–Kier alpha value is -1.49. The molecule has 0 heterocycles. The van der Waals surface area contributed by atoms with Crippen molar-refractivity contribution < 1.29 is 4.74 Å². The Morgan fingerprint density at radius 1 is 1.14 bits per heavy atom. The van der Waals surface area contributed by atoms with E-state index in [1.54, 1.807) is 0 Å². The van der Waals surface area contributed by atoms with Crippen LogP contribution in [-0.2, 0) is 0 Å². The number of ether oxygens (including phenoxy) is 1. The highest BCUT2D eigenvalue weighted by Gasteiger charge is 2.21. The van der Waals surface area contributed by atoms with Gasteiger partial charge >= 0.3 is 0 Å². The summed E-state index contributed by atoms with van der Waals surface area (Å²) >= 11 is 0. The third-order valence-corrected chi connectivity index (χ3v) is 4.63. The van der Waals surface area contributed by atoms with Crippen LogP contribution in [0.1, 0.15) is 69.8 Å². The second-order valence-electron chi connectivity index (χ2n) is 6.19. The summed E-state index contributed by atoms with van der Waals surface area (Å²) in [5.41, 5.74) is 1.46. The molecule has 21 heavy (non-hydrogen) atoms. The van der Waals surface area contributed by atoms with Crippen LogP contribution in [-0.4, -0.2) is 6.61 Å². The summed E-state index contributed by atoms with van der Waals surface area (Å²) in [4.78, 5) is 0. The lowest BCUT2D eigenvalue weighted by Gasteiger charge is -2.28. The fraction of sp³-hybridized carbons (Fsp3) is 0.632. The standard InChI is InChI=1S/C19H27NO/c1-2-3-15-21-19-12-10-18(11-13-19)17-8-6-16(7-9-17)5-4-14-20/h10-13,16-17H,2-9,15H2,1H3. The van der Waals surface area contributed by atoms with Crippen LogP contribution >= 0.6 is 0 Å². The van der Waals surface area contributed by atoms with Crippen LogP contribution in [0.25, 0.3) is 0 Å². The van der Waals surface area contributed by atoms with E-state index in [-0.39, 0.29) is 0 Å². The number of hydrogen-bond donors (Lipinski definition) is 0. The zero-order valence-corrected chi connectivity index (χ0v) is 13.2. The lowest BCUT2D eigenvalue weighted by molar-refractivity contribution is 0.306. The second kappa shape index (κ2) is 8.72. The van der Waals surface area contributed by atoms with E-state index in [9.17, 15) is 0 Å². The van der Waals surface area contributed by atoms with Gasteiger partial charge < -0.3 is 4.74 Å². The largest absolute Gasteiger partial charge is 0.494 e. The molecule has 0 amide bonds. The minimum absolute atomic E-state index is 0.702. The molecule has 1 fully saturated rings. The summed E-state index contributed by atoms with van der Waals surface area (Å²) in [6.45, 7) is 3.00. The minimum Gasteiger partial charge on any atom is -0.494 e. The molecule has 1 aromatic carbocycles. The zero-order chi connectivity index (χ0) is 14.9. The predicted octanol–water partition coefficient (Wildman–Crippen LogP) is 5.44. The minimum atomic E-state index is 0.702. The van der Waals surface area contributed by atoms with Crippen molar-refractivity contribution in [1.29, 1.82) is 5.26 Å². The van der Waals surface area contributed by atoms with Gasteiger partial charge in [0.25, 0.3) is 0 Å². The first-order valence-electron chi connectivity index (χ1n) is 8.43.